The van der Waals surface area contributed by atoms with Gasteiger partial charge in [0.15, 0.2) is 11.0 Å². The SMILES string of the molecule is CCn1c(S[C@@H](C)C(=O)Nc2cc(C)ccc2C)nnc1-c1cccc(Cl)c1. The number of hydrogen-bond donors (Lipinski definition) is 1. The number of hydrogen-bond acceptors (Lipinski definition) is 4. The zero-order valence-electron chi connectivity index (χ0n) is 16.4. The van der Waals surface area contributed by atoms with Gasteiger partial charge in [-0.25, -0.2) is 0 Å². The standard InChI is InChI=1S/C21H23ClN4OS/c1-5-26-19(16-7-6-8-17(22)12-16)24-25-21(26)28-15(4)20(27)23-18-11-13(2)9-10-14(18)3/h6-12,15H,5H2,1-4H3,(H,23,27)/t15-/m0/s1. The molecule has 1 amide bonds. The number of amides is 1. The van der Waals surface area contributed by atoms with Crippen molar-refractivity contribution < 1.29 is 4.79 Å². The molecule has 146 valence electrons. The molecule has 7 heteroatoms. The van der Waals surface area contributed by atoms with Gasteiger partial charge in [-0.05, 0) is 57.0 Å². The first-order chi connectivity index (χ1) is 13.4. The summed E-state index contributed by atoms with van der Waals surface area (Å²) in [6.07, 6.45) is 0. The number of nitrogens with one attached hydrogen (secondary N) is 1. The number of benzene rings is 2. The van der Waals surface area contributed by atoms with E-state index < -0.39 is 0 Å². The van der Waals surface area contributed by atoms with Crippen LogP contribution in [0, 0.1) is 13.8 Å². The van der Waals surface area contributed by atoms with Gasteiger partial charge in [-0.1, -0.05) is 47.6 Å². The Morgan fingerprint density at radius 3 is 2.71 bits per heavy atom. The summed E-state index contributed by atoms with van der Waals surface area (Å²) in [5.74, 6) is 0.684. The van der Waals surface area contributed by atoms with Crippen molar-refractivity contribution in [1.82, 2.24) is 14.8 Å². The molecule has 1 atom stereocenters. The molecule has 3 aromatic rings. The molecule has 0 aliphatic heterocycles. The van der Waals surface area contributed by atoms with Gasteiger partial charge in [-0.15, -0.1) is 10.2 Å². The monoisotopic (exact) mass is 414 g/mol. The van der Waals surface area contributed by atoms with Gasteiger partial charge in [0.1, 0.15) is 0 Å². The minimum atomic E-state index is -0.318. The predicted molar refractivity (Wildman–Crippen MR) is 116 cm³/mol. The highest BCUT2D eigenvalue weighted by Gasteiger charge is 2.21. The second-order valence-electron chi connectivity index (χ2n) is 6.63. The Balaban J connectivity index is 1.77. The van der Waals surface area contributed by atoms with E-state index in [0.29, 0.717) is 16.7 Å². The smallest absolute Gasteiger partial charge is 0.237 e. The third-order valence-corrected chi connectivity index (χ3v) is 5.73. The average molecular weight is 415 g/mol. The van der Waals surface area contributed by atoms with Crippen molar-refractivity contribution in [3.8, 4) is 11.4 Å². The molecule has 3 rings (SSSR count). The van der Waals surface area contributed by atoms with Crippen LogP contribution in [0.1, 0.15) is 25.0 Å². The first-order valence-electron chi connectivity index (χ1n) is 9.13. The van der Waals surface area contributed by atoms with Crippen molar-refractivity contribution in [3.05, 3.63) is 58.6 Å². The highest BCUT2D eigenvalue weighted by Crippen LogP contribution is 2.28. The Kier molecular flexibility index (Phi) is 6.42. The van der Waals surface area contributed by atoms with Crippen molar-refractivity contribution >= 4 is 35.0 Å². The van der Waals surface area contributed by atoms with Gasteiger partial charge < -0.3 is 9.88 Å². The molecular weight excluding hydrogens is 392 g/mol. The zero-order valence-corrected chi connectivity index (χ0v) is 17.9. The summed E-state index contributed by atoms with van der Waals surface area (Å²) in [6, 6.07) is 13.6. The number of aromatic nitrogens is 3. The number of anilines is 1. The maximum atomic E-state index is 12.7. The van der Waals surface area contributed by atoms with Crippen LogP contribution in [0.2, 0.25) is 5.02 Å². The summed E-state index contributed by atoms with van der Waals surface area (Å²) in [5.41, 5.74) is 3.89. The fraction of sp³-hybridized carbons (Fsp3) is 0.286. The van der Waals surface area contributed by atoms with Gasteiger partial charge in [0, 0.05) is 22.8 Å². The van der Waals surface area contributed by atoms with Crippen LogP contribution < -0.4 is 5.32 Å². The number of thioether (sulfide) groups is 1. The van der Waals surface area contributed by atoms with Crippen molar-refractivity contribution in [1.29, 1.82) is 0 Å². The summed E-state index contributed by atoms with van der Waals surface area (Å²) in [6.45, 7) is 8.59. The van der Waals surface area contributed by atoms with Crippen LogP contribution >= 0.6 is 23.4 Å². The van der Waals surface area contributed by atoms with Crippen LogP contribution in [0.25, 0.3) is 11.4 Å². The predicted octanol–water partition coefficient (Wildman–Crippen LogP) is 5.35. The van der Waals surface area contributed by atoms with E-state index >= 15 is 0 Å². The molecule has 0 saturated heterocycles. The minimum Gasteiger partial charge on any atom is -0.325 e. The topological polar surface area (TPSA) is 59.8 Å². The van der Waals surface area contributed by atoms with E-state index in [1.165, 1.54) is 11.8 Å². The van der Waals surface area contributed by atoms with Crippen molar-refractivity contribution in [2.75, 3.05) is 5.32 Å². The Bertz CT molecular complexity index is 1000. The largest absolute Gasteiger partial charge is 0.325 e. The third-order valence-electron chi connectivity index (χ3n) is 4.42. The summed E-state index contributed by atoms with van der Waals surface area (Å²) in [4.78, 5) is 12.7. The zero-order chi connectivity index (χ0) is 20.3. The van der Waals surface area contributed by atoms with Gasteiger partial charge in [-0.2, -0.15) is 0 Å². The van der Waals surface area contributed by atoms with E-state index in [-0.39, 0.29) is 11.2 Å². The fourth-order valence-corrected chi connectivity index (χ4v) is 3.92. The number of aryl methyl sites for hydroxylation is 2. The number of carbonyl (C=O) groups is 1. The molecule has 0 aliphatic rings. The molecule has 2 aromatic carbocycles. The molecule has 0 bridgehead atoms. The van der Waals surface area contributed by atoms with Gasteiger partial charge in [0.05, 0.1) is 5.25 Å². The van der Waals surface area contributed by atoms with E-state index in [9.17, 15) is 4.79 Å². The summed E-state index contributed by atoms with van der Waals surface area (Å²) >= 11 is 7.50. The van der Waals surface area contributed by atoms with Crippen LogP contribution in [-0.4, -0.2) is 25.9 Å². The lowest BCUT2D eigenvalue weighted by Gasteiger charge is -2.14. The van der Waals surface area contributed by atoms with Crippen molar-refractivity contribution in [2.45, 2.75) is 44.6 Å². The highest BCUT2D eigenvalue weighted by atomic mass is 35.5. The molecule has 28 heavy (non-hydrogen) atoms. The van der Waals surface area contributed by atoms with Crippen LogP contribution in [0.5, 0.6) is 0 Å². The van der Waals surface area contributed by atoms with E-state index in [1.807, 2.05) is 74.7 Å². The third kappa shape index (κ3) is 4.56. The molecule has 1 heterocycles. The van der Waals surface area contributed by atoms with Crippen LogP contribution in [0.3, 0.4) is 0 Å². The number of nitrogens with zero attached hydrogens (tertiary/aromatic N) is 3. The van der Waals surface area contributed by atoms with E-state index in [4.69, 9.17) is 11.6 Å². The first-order valence-corrected chi connectivity index (χ1v) is 10.4. The highest BCUT2D eigenvalue weighted by molar-refractivity contribution is 8.00. The van der Waals surface area contributed by atoms with Crippen molar-refractivity contribution in [2.24, 2.45) is 0 Å². The lowest BCUT2D eigenvalue weighted by molar-refractivity contribution is -0.115. The fourth-order valence-electron chi connectivity index (χ4n) is 2.82. The molecule has 1 aromatic heterocycles. The van der Waals surface area contributed by atoms with Crippen LogP contribution in [-0.2, 0) is 11.3 Å². The molecule has 0 radical (unpaired) electrons. The lowest BCUT2D eigenvalue weighted by atomic mass is 10.1. The Morgan fingerprint density at radius 1 is 1.21 bits per heavy atom. The Morgan fingerprint density at radius 2 is 2.00 bits per heavy atom. The molecule has 1 N–H and O–H groups in total. The molecule has 0 fully saturated rings. The molecule has 0 spiro atoms. The summed E-state index contributed by atoms with van der Waals surface area (Å²) < 4.78 is 2.00. The van der Waals surface area contributed by atoms with E-state index in [2.05, 4.69) is 15.5 Å². The maximum absolute atomic E-state index is 12.7. The number of rotatable bonds is 6. The van der Waals surface area contributed by atoms with E-state index in [0.717, 1.165) is 28.2 Å². The number of halogens is 1. The summed E-state index contributed by atoms with van der Waals surface area (Å²) in [5, 5.41) is 12.7. The normalized spacial score (nSPS) is 12.0. The van der Waals surface area contributed by atoms with Gasteiger partial charge in [-0.3, -0.25) is 4.79 Å². The van der Waals surface area contributed by atoms with Crippen LogP contribution in [0.4, 0.5) is 5.69 Å². The second-order valence-corrected chi connectivity index (χ2v) is 8.37. The quantitative estimate of drug-likeness (QED) is 0.552. The average Bonchev–Trinajstić information content (AvgIpc) is 3.07. The summed E-state index contributed by atoms with van der Waals surface area (Å²) in [7, 11) is 0. The maximum Gasteiger partial charge on any atom is 0.237 e. The molecular formula is C21H23ClN4OS. The molecule has 0 unspecified atom stereocenters. The lowest BCUT2D eigenvalue weighted by Crippen LogP contribution is -2.23. The van der Waals surface area contributed by atoms with Crippen LogP contribution in [0.15, 0.2) is 47.6 Å². The van der Waals surface area contributed by atoms with Crippen molar-refractivity contribution in [3.63, 3.8) is 0 Å². The first kappa shape index (κ1) is 20.4. The Hall–Kier alpha value is -2.31. The van der Waals surface area contributed by atoms with Gasteiger partial charge in [0.25, 0.3) is 0 Å². The van der Waals surface area contributed by atoms with E-state index in [1.54, 1.807) is 0 Å². The number of carbonyl (C=O) groups excluding carboxylic acids is 1. The van der Waals surface area contributed by atoms with Gasteiger partial charge >= 0.3 is 0 Å². The van der Waals surface area contributed by atoms with Gasteiger partial charge in [0.2, 0.25) is 5.91 Å². The molecule has 0 saturated carbocycles. The Labute approximate surface area is 174 Å². The second kappa shape index (κ2) is 8.80. The molecule has 0 aliphatic carbocycles. The minimum absolute atomic E-state index is 0.0614. The molecule has 5 nitrogen and oxygen atoms in total.